The summed E-state index contributed by atoms with van der Waals surface area (Å²) in [5, 5.41) is 10.6. The molecule has 215 valence electrons. The Morgan fingerprint density at radius 3 is 2.10 bits per heavy atom. The number of ether oxygens (including phenoxy) is 1. The van der Waals surface area contributed by atoms with Gasteiger partial charge in [0.1, 0.15) is 11.5 Å². The summed E-state index contributed by atoms with van der Waals surface area (Å²) in [5.41, 5.74) is 6.60. The third-order valence-corrected chi connectivity index (χ3v) is 6.38. The van der Waals surface area contributed by atoms with Crippen LogP contribution in [0.5, 0.6) is 5.75 Å². The zero-order valence-electron chi connectivity index (χ0n) is 25.3. The Bertz CT molecular complexity index is 1480. The third kappa shape index (κ3) is 8.16. The van der Waals surface area contributed by atoms with Crippen molar-refractivity contribution in [2.45, 2.75) is 62.3 Å². The van der Waals surface area contributed by atoms with Gasteiger partial charge >= 0.3 is 0 Å². The van der Waals surface area contributed by atoms with Crippen LogP contribution in [0.1, 0.15) is 58.2 Å². The summed E-state index contributed by atoms with van der Waals surface area (Å²) in [6, 6.07) is 18.0. The SMILES string of the molecule is CC(C)(C)C(=O)/C=C(\O)C(C)(C)C.COc1cc2cc(C)c(-n3cccc3)cc2nc1-c1[c-]c(C)cc(C)c1.[Ir]. The second-order valence-corrected chi connectivity index (χ2v) is 12.1. The molecular weight excluding hydrogens is 677 g/mol. The molecule has 0 saturated heterocycles. The van der Waals surface area contributed by atoms with E-state index >= 15 is 0 Å². The number of aromatic nitrogens is 2. The molecule has 0 saturated carbocycles. The molecule has 0 aliphatic carbocycles. The van der Waals surface area contributed by atoms with E-state index < -0.39 is 5.41 Å². The van der Waals surface area contributed by atoms with Crippen molar-refractivity contribution < 1.29 is 34.7 Å². The van der Waals surface area contributed by atoms with E-state index in [9.17, 15) is 9.90 Å². The summed E-state index contributed by atoms with van der Waals surface area (Å²) in [6.07, 6.45) is 5.44. The second-order valence-electron chi connectivity index (χ2n) is 12.1. The van der Waals surface area contributed by atoms with Gasteiger partial charge in [-0.3, -0.25) is 9.78 Å². The molecule has 0 aliphatic rings. The largest absolute Gasteiger partial charge is 0.512 e. The maximum Gasteiger partial charge on any atom is 0.164 e. The number of pyridine rings is 1. The van der Waals surface area contributed by atoms with Crippen LogP contribution < -0.4 is 4.74 Å². The Labute approximate surface area is 252 Å². The van der Waals surface area contributed by atoms with Gasteiger partial charge in [-0.1, -0.05) is 55.4 Å². The van der Waals surface area contributed by atoms with Gasteiger partial charge in [0.25, 0.3) is 0 Å². The van der Waals surface area contributed by atoms with Crippen LogP contribution in [0.3, 0.4) is 0 Å². The average molecular weight is 718 g/mol. The standard InChI is InChI=1S/C23H21N2O.C11H20O2.Ir/c1-15-9-16(2)11-19(10-15)23-22(26-4)13-18-12-17(3)21(14-20(18)24-23)25-7-5-6-8-25;1-10(2,3)8(12)7-9(13)11(4,5)6;/h5-10,12-14H,1-4H3;7,12H,1-6H3;/q-1;;/b;8-7-;. The van der Waals surface area contributed by atoms with Gasteiger partial charge < -0.3 is 14.4 Å². The number of allylic oxidation sites excluding steroid dienone is 2. The number of carbonyl (C=O) groups is 1. The Morgan fingerprint density at radius 2 is 1.57 bits per heavy atom. The van der Waals surface area contributed by atoms with Crippen LogP contribution in [-0.4, -0.2) is 27.6 Å². The molecule has 0 unspecified atom stereocenters. The number of benzene rings is 2. The molecule has 0 spiro atoms. The number of methoxy groups -OCH3 is 1. The topological polar surface area (TPSA) is 64.3 Å². The number of hydrogen-bond acceptors (Lipinski definition) is 4. The van der Waals surface area contributed by atoms with Gasteiger partial charge in [0.05, 0.1) is 12.6 Å². The zero-order valence-corrected chi connectivity index (χ0v) is 27.7. The maximum atomic E-state index is 11.5. The molecule has 0 amide bonds. The molecule has 2 aromatic carbocycles. The first kappa shape index (κ1) is 33.0. The first-order chi connectivity index (χ1) is 18.1. The quantitative estimate of drug-likeness (QED) is 0.131. The Balaban J connectivity index is 0.000000344. The van der Waals surface area contributed by atoms with Gasteiger partial charge in [0.2, 0.25) is 0 Å². The van der Waals surface area contributed by atoms with Gasteiger partial charge in [0.15, 0.2) is 5.78 Å². The molecule has 0 aliphatic heterocycles. The summed E-state index contributed by atoms with van der Waals surface area (Å²) >= 11 is 0. The van der Waals surface area contributed by atoms with Crippen LogP contribution in [0.25, 0.3) is 27.8 Å². The van der Waals surface area contributed by atoms with Crippen molar-refractivity contribution in [2.24, 2.45) is 10.8 Å². The van der Waals surface area contributed by atoms with Crippen molar-refractivity contribution in [3.05, 3.63) is 89.5 Å². The number of carbonyl (C=O) groups excluding carboxylic acids is 1. The summed E-state index contributed by atoms with van der Waals surface area (Å²) in [6.45, 7) is 17.4. The first-order valence-electron chi connectivity index (χ1n) is 13.2. The molecule has 0 atom stereocenters. The zero-order chi connectivity index (χ0) is 29.1. The monoisotopic (exact) mass is 718 g/mol. The molecular formula is C34H41IrN2O3-. The normalized spacial score (nSPS) is 11.9. The molecule has 1 radical (unpaired) electrons. The third-order valence-electron chi connectivity index (χ3n) is 6.38. The molecule has 4 rings (SSSR count). The number of hydrogen-bond donors (Lipinski definition) is 1. The number of ketones is 1. The summed E-state index contributed by atoms with van der Waals surface area (Å²) in [4.78, 5) is 16.4. The van der Waals surface area contributed by atoms with E-state index in [1.807, 2.05) is 53.7 Å². The van der Waals surface area contributed by atoms with Crippen LogP contribution in [0, 0.1) is 37.7 Å². The van der Waals surface area contributed by atoms with Crippen molar-refractivity contribution in [2.75, 3.05) is 7.11 Å². The van der Waals surface area contributed by atoms with Crippen molar-refractivity contribution in [1.29, 1.82) is 0 Å². The minimum Gasteiger partial charge on any atom is -0.512 e. The van der Waals surface area contributed by atoms with Gasteiger partial charge in [0, 0.05) is 66.2 Å². The van der Waals surface area contributed by atoms with Gasteiger partial charge in [-0.05, 0) is 42.8 Å². The molecule has 40 heavy (non-hydrogen) atoms. The van der Waals surface area contributed by atoms with Gasteiger partial charge in [-0.15, -0.1) is 34.9 Å². The summed E-state index contributed by atoms with van der Waals surface area (Å²) in [5.74, 6) is 0.874. The van der Waals surface area contributed by atoms with Gasteiger partial charge in [-0.2, -0.15) is 0 Å². The number of fused-ring (bicyclic) bond motifs is 1. The van der Waals surface area contributed by atoms with Crippen LogP contribution in [-0.2, 0) is 24.9 Å². The molecule has 1 N–H and O–H groups in total. The Kier molecular flexibility index (Phi) is 10.7. The molecule has 0 fully saturated rings. The van der Waals surface area contributed by atoms with E-state index in [0.717, 1.165) is 39.2 Å². The van der Waals surface area contributed by atoms with Gasteiger partial charge in [-0.25, -0.2) is 0 Å². The number of aliphatic hydroxyl groups excluding tert-OH is 1. The van der Waals surface area contributed by atoms with Crippen LogP contribution >= 0.6 is 0 Å². The van der Waals surface area contributed by atoms with Crippen LogP contribution in [0.15, 0.2) is 66.7 Å². The number of aliphatic hydroxyl groups is 1. The molecule has 0 bridgehead atoms. The van der Waals surface area contributed by atoms with E-state index in [1.54, 1.807) is 7.11 Å². The summed E-state index contributed by atoms with van der Waals surface area (Å²) < 4.78 is 7.76. The predicted molar refractivity (Wildman–Crippen MR) is 161 cm³/mol. The fraction of sp³-hybridized carbons (Fsp3) is 0.353. The maximum absolute atomic E-state index is 11.5. The molecule has 4 aromatic rings. The van der Waals surface area contributed by atoms with E-state index in [4.69, 9.17) is 9.72 Å². The Morgan fingerprint density at radius 1 is 0.950 bits per heavy atom. The van der Waals surface area contributed by atoms with Crippen LogP contribution in [0.4, 0.5) is 0 Å². The Hall–Kier alpha value is -3.21. The number of rotatable bonds is 4. The fourth-order valence-electron chi connectivity index (χ4n) is 4.01. The number of aryl methyl sites for hydroxylation is 3. The minimum atomic E-state index is -0.417. The van der Waals surface area contributed by atoms with Crippen LogP contribution in [0.2, 0.25) is 0 Å². The van der Waals surface area contributed by atoms with Crippen molar-refractivity contribution in [3.8, 4) is 22.7 Å². The van der Waals surface area contributed by atoms with Crippen molar-refractivity contribution in [1.82, 2.24) is 9.55 Å². The predicted octanol–water partition coefficient (Wildman–Crippen LogP) is 8.51. The first-order valence-corrected chi connectivity index (χ1v) is 13.2. The second kappa shape index (κ2) is 13.0. The fourth-order valence-corrected chi connectivity index (χ4v) is 4.01. The van der Waals surface area contributed by atoms with E-state index in [0.29, 0.717) is 0 Å². The molecule has 6 heteroatoms. The molecule has 2 aromatic heterocycles. The minimum absolute atomic E-state index is 0. The summed E-state index contributed by atoms with van der Waals surface area (Å²) in [7, 11) is 1.69. The molecule has 2 heterocycles. The van der Waals surface area contributed by atoms with Crippen molar-refractivity contribution in [3.63, 3.8) is 0 Å². The number of nitrogens with zero attached hydrogens (tertiary/aromatic N) is 2. The smallest absolute Gasteiger partial charge is 0.164 e. The van der Waals surface area contributed by atoms with E-state index in [2.05, 4.69) is 74.1 Å². The van der Waals surface area contributed by atoms with Crippen molar-refractivity contribution >= 4 is 16.7 Å². The average Bonchev–Trinajstić information content (AvgIpc) is 3.36. The van der Waals surface area contributed by atoms with E-state index in [-0.39, 0.29) is 37.1 Å². The molecule has 5 nitrogen and oxygen atoms in total. The van der Waals surface area contributed by atoms with E-state index in [1.165, 1.54) is 17.2 Å².